The highest BCUT2D eigenvalue weighted by Gasteiger charge is 2.21. The summed E-state index contributed by atoms with van der Waals surface area (Å²) in [5.74, 6) is -1.04. The Kier molecular flexibility index (Phi) is 8.12. The van der Waals surface area contributed by atoms with E-state index in [0.717, 1.165) is 67.2 Å². The molecule has 0 radical (unpaired) electrons. The van der Waals surface area contributed by atoms with Crippen LogP contribution in [0, 0.1) is 18.6 Å². The molecule has 216 valence electrons. The molecule has 1 aromatic heterocycles. The normalized spacial score (nSPS) is 18.2. The molecule has 2 atom stereocenters. The largest absolute Gasteiger partial charge is 0.488 e. The van der Waals surface area contributed by atoms with E-state index in [-0.39, 0.29) is 18.1 Å². The molecular formula is C33H32F2N4O3. The number of anilines is 1. The highest BCUT2D eigenvalue weighted by molar-refractivity contribution is 6.05. The van der Waals surface area contributed by atoms with Gasteiger partial charge in [-0.2, -0.15) is 0 Å². The first-order valence-corrected chi connectivity index (χ1v) is 14.2. The highest BCUT2D eigenvalue weighted by Crippen LogP contribution is 2.36. The molecule has 2 saturated heterocycles. The zero-order valence-corrected chi connectivity index (χ0v) is 23.3. The first kappa shape index (κ1) is 27.8. The molecule has 3 aromatic carbocycles. The summed E-state index contributed by atoms with van der Waals surface area (Å²) in [7, 11) is 0. The summed E-state index contributed by atoms with van der Waals surface area (Å²) in [6.45, 7) is 5.15. The number of aromatic nitrogens is 1. The van der Waals surface area contributed by atoms with Crippen molar-refractivity contribution in [1.29, 1.82) is 0 Å². The van der Waals surface area contributed by atoms with Gasteiger partial charge in [0.1, 0.15) is 23.7 Å². The number of benzene rings is 3. The summed E-state index contributed by atoms with van der Waals surface area (Å²) in [5, 5.41) is 9.55. The van der Waals surface area contributed by atoms with Crippen LogP contribution in [0.5, 0.6) is 11.5 Å². The number of amides is 1. The van der Waals surface area contributed by atoms with Crippen LogP contribution in [-0.2, 0) is 0 Å². The van der Waals surface area contributed by atoms with Crippen LogP contribution >= 0.6 is 0 Å². The molecule has 0 spiro atoms. The maximum atomic E-state index is 14.2. The van der Waals surface area contributed by atoms with E-state index in [1.807, 2.05) is 37.3 Å². The van der Waals surface area contributed by atoms with Crippen molar-refractivity contribution in [2.24, 2.45) is 0 Å². The molecule has 7 nitrogen and oxygen atoms in total. The Morgan fingerprint density at radius 2 is 1.48 bits per heavy atom. The minimum absolute atomic E-state index is 0.0517. The Balaban J connectivity index is 1.30. The topological polar surface area (TPSA) is 84.5 Å². The van der Waals surface area contributed by atoms with Gasteiger partial charge in [-0.05, 0) is 93.0 Å². The van der Waals surface area contributed by atoms with E-state index in [2.05, 4.69) is 20.9 Å². The second-order valence-electron chi connectivity index (χ2n) is 10.7. The molecule has 42 heavy (non-hydrogen) atoms. The molecule has 9 heteroatoms. The van der Waals surface area contributed by atoms with Crippen molar-refractivity contribution in [2.75, 3.05) is 31.5 Å². The van der Waals surface area contributed by atoms with Crippen molar-refractivity contribution in [2.45, 2.75) is 32.0 Å². The molecular weight excluding hydrogens is 538 g/mol. The molecule has 4 aromatic rings. The molecule has 2 aliphatic rings. The predicted octanol–water partition coefficient (Wildman–Crippen LogP) is 5.74. The van der Waals surface area contributed by atoms with Gasteiger partial charge in [-0.15, -0.1) is 0 Å². The Labute approximate surface area is 243 Å². The molecule has 2 aliphatic heterocycles. The summed E-state index contributed by atoms with van der Waals surface area (Å²) in [6, 6.07) is 18.2. The zero-order valence-electron chi connectivity index (χ0n) is 23.3. The number of halogens is 2. The van der Waals surface area contributed by atoms with Gasteiger partial charge in [0, 0.05) is 52.9 Å². The van der Waals surface area contributed by atoms with E-state index in [4.69, 9.17) is 9.47 Å². The lowest BCUT2D eigenvalue weighted by Crippen LogP contribution is -2.20. The van der Waals surface area contributed by atoms with E-state index >= 15 is 0 Å². The van der Waals surface area contributed by atoms with Gasteiger partial charge in [0.25, 0.3) is 5.91 Å². The van der Waals surface area contributed by atoms with Gasteiger partial charge in [-0.3, -0.25) is 9.78 Å². The number of pyridine rings is 1. The van der Waals surface area contributed by atoms with E-state index in [1.165, 1.54) is 6.07 Å². The molecule has 3 heterocycles. The first-order valence-electron chi connectivity index (χ1n) is 14.2. The number of nitrogens with zero attached hydrogens (tertiary/aromatic N) is 1. The molecule has 1 amide bonds. The Morgan fingerprint density at radius 1 is 0.810 bits per heavy atom. The van der Waals surface area contributed by atoms with Crippen molar-refractivity contribution in [3.63, 3.8) is 0 Å². The maximum Gasteiger partial charge on any atom is 0.255 e. The van der Waals surface area contributed by atoms with Crippen molar-refractivity contribution >= 4 is 11.6 Å². The molecule has 0 unspecified atom stereocenters. The van der Waals surface area contributed by atoms with Gasteiger partial charge < -0.3 is 25.4 Å². The van der Waals surface area contributed by atoms with Crippen molar-refractivity contribution in [1.82, 2.24) is 15.6 Å². The van der Waals surface area contributed by atoms with Crippen molar-refractivity contribution in [3.05, 3.63) is 95.8 Å². The monoisotopic (exact) mass is 570 g/mol. The summed E-state index contributed by atoms with van der Waals surface area (Å²) in [6.07, 6.45) is 3.56. The second kappa shape index (κ2) is 12.3. The molecule has 3 N–H and O–H groups in total. The number of rotatable bonds is 8. The van der Waals surface area contributed by atoms with Crippen LogP contribution in [0.25, 0.3) is 22.3 Å². The molecule has 2 fully saturated rings. The lowest BCUT2D eigenvalue weighted by molar-refractivity contribution is 0.102. The Morgan fingerprint density at radius 3 is 2.10 bits per heavy atom. The quantitative estimate of drug-likeness (QED) is 0.251. The maximum absolute atomic E-state index is 14.2. The standard InChI is InChI=1S/C33H32F2N4O3/c1-20-2-3-23(17-38-20)28-16-24(6-9-32(28)42-26-11-13-37-19-26)39-33(40)22-5-8-31(41-25-10-12-36-18-25)27(14-22)21-4-7-29(34)30(35)15-21/h2-9,14-17,25-26,36-37H,10-13,18-19H2,1H3,(H,39,40)/t25-,26-/m0/s1. The SMILES string of the molecule is Cc1ccc(-c2cc(NC(=O)c3ccc(O[C@H]4CCNC4)c(-c4ccc(F)c(F)c4)c3)ccc2O[C@H]2CCNC2)cn1. The first-order chi connectivity index (χ1) is 20.4. The van der Waals surface area contributed by atoms with E-state index in [1.54, 1.807) is 24.4 Å². The van der Waals surface area contributed by atoms with Gasteiger partial charge in [0.2, 0.25) is 0 Å². The summed E-state index contributed by atoms with van der Waals surface area (Å²) in [4.78, 5) is 17.9. The van der Waals surface area contributed by atoms with Crippen LogP contribution in [0.4, 0.5) is 14.5 Å². The number of aryl methyl sites for hydroxylation is 1. The van der Waals surface area contributed by atoms with Crippen molar-refractivity contribution in [3.8, 4) is 33.8 Å². The number of nitrogens with one attached hydrogen (secondary N) is 3. The number of carbonyl (C=O) groups is 1. The lowest BCUT2D eigenvalue weighted by Gasteiger charge is -2.19. The third-order valence-electron chi connectivity index (χ3n) is 7.55. The molecule has 6 rings (SSSR count). The van der Waals surface area contributed by atoms with Crippen LogP contribution in [-0.4, -0.2) is 49.3 Å². The number of hydrogen-bond acceptors (Lipinski definition) is 6. The van der Waals surface area contributed by atoms with Crippen molar-refractivity contribution < 1.29 is 23.0 Å². The Hall–Kier alpha value is -4.34. The predicted molar refractivity (Wildman–Crippen MR) is 158 cm³/mol. The molecule has 0 aliphatic carbocycles. The van der Waals surface area contributed by atoms with Crippen LogP contribution in [0.2, 0.25) is 0 Å². The highest BCUT2D eigenvalue weighted by atomic mass is 19.2. The summed E-state index contributed by atoms with van der Waals surface area (Å²) < 4.78 is 40.4. The number of hydrogen-bond donors (Lipinski definition) is 3. The van der Waals surface area contributed by atoms with Crippen LogP contribution in [0.3, 0.4) is 0 Å². The zero-order chi connectivity index (χ0) is 29.1. The minimum atomic E-state index is -0.968. The lowest BCUT2D eigenvalue weighted by atomic mass is 10.0. The van der Waals surface area contributed by atoms with Gasteiger partial charge in [-0.25, -0.2) is 8.78 Å². The van der Waals surface area contributed by atoms with Crippen LogP contribution in [0.15, 0.2) is 72.9 Å². The second-order valence-corrected chi connectivity index (χ2v) is 10.7. The number of carbonyl (C=O) groups excluding carboxylic acids is 1. The molecule has 0 saturated carbocycles. The summed E-state index contributed by atoms with van der Waals surface area (Å²) in [5.41, 5.74) is 4.46. The summed E-state index contributed by atoms with van der Waals surface area (Å²) >= 11 is 0. The third-order valence-corrected chi connectivity index (χ3v) is 7.55. The van der Waals surface area contributed by atoms with Crippen LogP contribution < -0.4 is 25.4 Å². The fraction of sp³-hybridized carbons (Fsp3) is 0.273. The third kappa shape index (κ3) is 6.27. The fourth-order valence-electron chi connectivity index (χ4n) is 5.25. The van der Waals surface area contributed by atoms with Gasteiger partial charge in [0.05, 0.1) is 0 Å². The van der Waals surface area contributed by atoms with E-state index in [9.17, 15) is 13.6 Å². The van der Waals surface area contributed by atoms with E-state index in [0.29, 0.717) is 34.7 Å². The van der Waals surface area contributed by atoms with Gasteiger partial charge >= 0.3 is 0 Å². The average molecular weight is 571 g/mol. The molecule has 0 bridgehead atoms. The minimum Gasteiger partial charge on any atom is -0.488 e. The number of ether oxygens (including phenoxy) is 2. The van der Waals surface area contributed by atoms with E-state index < -0.39 is 11.6 Å². The fourth-order valence-corrected chi connectivity index (χ4v) is 5.25. The Bertz CT molecular complexity index is 1580. The van der Waals surface area contributed by atoms with Crippen LogP contribution in [0.1, 0.15) is 28.9 Å². The van der Waals surface area contributed by atoms with Gasteiger partial charge in [-0.1, -0.05) is 12.1 Å². The smallest absolute Gasteiger partial charge is 0.255 e. The van der Waals surface area contributed by atoms with Gasteiger partial charge in [0.15, 0.2) is 11.6 Å². The average Bonchev–Trinajstić information content (AvgIpc) is 3.71.